The first kappa shape index (κ1) is 42.0. The van der Waals surface area contributed by atoms with Crippen molar-refractivity contribution in [2.75, 3.05) is 55.8 Å². The lowest BCUT2D eigenvalue weighted by Crippen LogP contribution is -2.41. The molecule has 3 aromatic heterocycles. The van der Waals surface area contributed by atoms with Crippen molar-refractivity contribution >= 4 is 49.0 Å². The molecule has 1 atom stereocenters. The average molecular weight is 895 g/mol. The molecule has 328 valence electrons. The molecule has 4 aliphatic rings. The van der Waals surface area contributed by atoms with E-state index in [2.05, 4.69) is 19.9 Å². The Morgan fingerprint density at radius 1 is 0.984 bits per heavy atom. The Bertz CT molecular complexity index is 2650. The van der Waals surface area contributed by atoms with E-state index in [9.17, 15) is 27.2 Å². The van der Waals surface area contributed by atoms with E-state index in [1.807, 2.05) is 0 Å². The standard InChI is InChI=1S/C41H36F10N8O2S/c42-23-4-3-21(25-22(16-52)34(54)62-32(23)25)26-28(41(49,50)51)31-27-30(29(26)43)56-36(61-19-37(7-8-37)18-58-12-9-38(10-13-58)17-39(38,44)45)57-35(27)59(14-15-60-31)24(5-6-40(46,47)48)20-2-1-11-55-33(20)53/h1-4,11,24H,5-10,12-15,17-19,54H2,(H2,53,55)/t24-/m1/s1. The predicted molar refractivity (Wildman–Crippen MR) is 209 cm³/mol. The number of nitrogen functional groups attached to an aromatic ring is 2. The Kier molecular flexibility index (Phi) is 9.89. The molecule has 5 heterocycles. The maximum absolute atomic E-state index is 17.6. The van der Waals surface area contributed by atoms with E-state index in [0.29, 0.717) is 56.7 Å². The molecule has 2 aromatic carbocycles. The van der Waals surface area contributed by atoms with Crippen molar-refractivity contribution in [3.05, 3.63) is 58.8 Å². The fourth-order valence-corrected chi connectivity index (χ4v) is 10.1. The molecule has 0 amide bonds. The molecule has 1 spiro atoms. The minimum absolute atomic E-state index is 0.0699. The van der Waals surface area contributed by atoms with Crippen LogP contribution in [-0.4, -0.2) is 71.3 Å². The van der Waals surface area contributed by atoms with Crippen LogP contribution in [-0.2, 0) is 6.18 Å². The third-order valence-electron chi connectivity index (χ3n) is 12.7. The van der Waals surface area contributed by atoms with E-state index < -0.39 is 111 Å². The zero-order chi connectivity index (χ0) is 44.1. The van der Waals surface area contributed by atoms with Crippen molar-refractivity contribution in [2.45, 2.75) is 69.3 Å². The van der Waals surface area contributed by atoms with Gasteiger partial charge in [-0.25, -0.2) is 22.5 Å². The summed E-state index contributed by atoms with van der Waals surface area (Å²) in [7, 11) is 0. The van der Waals surface area contributed by atoms with Gasteiger partial charge < -0.3 is 30.7 Å². The summed E-state index contributed by atoms with van der Waals surface area (Å²) >= 11 is 0.591. The molecule has 5 aromatic rings. The van der Waals surface area contributed by atoms with E-state index in [1.165, 1.54) is 23.2 Å². The van der Waals surface area contributed by atoms with Gasteiger partial charge in [0.05, 0.1) is 34.8 Å². The first-order valence-electron chi connectivity index (χ1n) is 19.7. The van der Waals surface area contributed by atoms with Gasteiger partial charge in [0, 0.05) is 52.9 Å². The van der Waals surface area contributed by atoms with Crippen LogP contribution in [0, 0.1) is 33.8 Å². The number of thiophene rings is 1. The lowest BCUT2D eigenvalue weighted by Gasteiger charge is -2.34. The summed E-state index contributed by atoms with van der Waals surface area (Å²) in [5.41, 5.74) is 6.31. The van der Waals surface area contributed by atoms with Crippen molar-refractivity contribution < 1.29 is 53.4 Å². The van der Waals surface area contributed by atoms with E-state index in [1.54, 1.807) is 6.07 Å². The van der Waals surface area contributed by atoms with Gasteiger partial charge in [-0.1, -0.05) is 12.1 Å². The number of alkyl halides is 8. The summed E-state index contributed by atoms with van der Waals surface area (Å²) < 4.78 is 161. The summed E-state index contributed by atoms with van der Waals surface area (Å²) in [5.74, 6) is -6.76. The SMILES string of the molecule is N#Cc1c(N)sc2c(F)ccc(-c3c(C(F)(F)F)c4c5c(nc(OCC6(CN7CCC8(CC7)CC8(F)F)CC6)nc5c3F)N([C@H](CCC(F)(F)F)c3cccnc3N)CCO4)c12. The maximum atomic E-state index is 17.6. The van der Waals surface area contributed by atoms with E-state index in [0.717, 1.165) is 12.1 Å². The minimum Gasteiger partial charge on any atom is -0.490 e. The van der Waals surface area contributed by atoms with Crippen LogP contribution in [0.1, 0.15) is 67.7 Å². The van der Waals surface area contributed by atoms with Crippen LogP contribution in [0.5, 0.6) is 11.8 Å². The Balaban J connectivity index is 1.22. The molecule has 9 rings (SSSR count). The molecule has 1 saturated heterocycles. The third-order valence-corrected chi connectivity index (χ3v) is 13.7. The highest BCUT2D eigenvalue weighted by Gasteiger charge is 2.70. The highest BCUT2D eigenvalue weighted by Crippen LogP contribution is 2.66. The van der Waals surface area contributed by atoms with Gasteiger partial charge in [-0.15, -0.1) is 11.3 Å². The minimum atomic E-state index is -5.40. The molecule has 10 nitrogen and oxygen atoms in total. The number of benzene rings is 2. The van der Waals surface area contributed by atoms with Gasteiger partial charge >= 0.3 is 18.4 Å². The van der Waals surface area contributed by atoms with Gasteiger partial charge in [-0.05, 0) is 62.9 Å². The van der Waals surface area contributed by atoms with Crippen LogP contribution in [0.4, 0.5) is 60.5 Å². The van der Waals surface area contributed by atoms with Gasteiger partial charge in [0.25, 0.3) is 5.92 Å². The smallest absolute Gasteiger partial charge is 0.420 e. The third kappa shape index (κ3) is 7.21. The van der Waals surface area contributed by atoms with E-state index >= 15 is 22.0 Å². The molecular weight excluding hydrogens is 859 g/mol. The van der Waals surface area contributed by atoms with Gasteiger partial charge in [0.1, 0.15) is 52.0 Å². The molecule has 62 heavy (non-hydrogen) atoms. The summed E-state index contributed by atoms with van der Waals surface area (Å²) in [4.78, 5) is 16.2. The highest BCUT2D eigenvalue weighted by atomic mass is 32.1. The zero-order valence-corrected chi connectivity index (χ0v) is 33.3. The number of fused-ring (bicyclic) bond motifs is 1. The maximum Gasteiger partial charge on any atom is 0.420 e. The first-order chi connectivity index (χ1) is 29.3. The van der Waals surface area contributed by atoms with Crippen LogP contribution < -0.4 is 25.8 Å². The molecule has 2 aliphatic carbocycles. The molecule has 0 radical (unpaired) electrons. The summed E-state index contributed by atoms with van der Waals surface area (Å²) in [6.45, 7) is 0.317. The molecular formula is C41H36F10N8O2S. The lowest BCUT2D eigenvalue weighted by molar-refractivity contribution is -0.138. The Labute approximate surface area is 350 Å². The molecule has 0 unspecified atom stereocenters. The second kappa shape index (κ2) is 14.6. The van der Waals surface area contributed by atoms with Crippen molar-refractivity contribution in [2.24, 2.45) is 10.8 Å². The molecule has 2 saturated carbocycles. The number of nitrogens with zero attached hydrogens (tertiary/aromatic N) is 6. The predicted octanol–water partition coefficient (Wildman–Crippen LogP) is 9.80. The van der Waals surface area contributed by atoms with Crippen LogP contribution in [0.2, 0.25) is 0 Å². The second-order valence-electron chi connectivity index (χ2n) is 16.6. The monoisotopic (exact) mass is 894 g/mol. The molecule has 4 N–H and O–H groups in total. The van der Waals surface area contributed by atoms with Gasteiger partial charge in [0.2, 0.25) is 0 Å². The average Bonchev–Trinajstić information content (AvgIpc) is 4.06. The summed E-state index contributed by atoms with van der Waals surface area (Å²) in [6.07, 6.45) is -8.96. The number of likely N-dealkylation sites (tertiary alicyclic amines) is 1. The van der Waals surface area contributed by atoms with Crippen molar-refractivity contribution in [1.82, 2.24) is 19.9 Å². The fraction of sp³-hybridized carbons (Fsp3) is 0.463. The summed E-state index contributed by atoms with van der Waals surface area (Å²) in [5, 5.41) is 8.74. The van der Waals surface area contributed by atoms with E-state index in [-0.39, 0.29) is 51.6 Å². The number of pyridine rings is 1. The van der Waals surface area contributed by atoms with Crippen LogP contribution >= 0.6 is 11.3 Å². The first-order valence-corrected chi connectivity index (χ1v) is 20.5. The topological polar surface area (TPSA) is 139 Å². The number of hydrogen-bond donors (Lipinski definition) is 2. The number of rotatable bonds is 10. The van der Waals surface area contributed by atoms with E-state index in [4.69, 9.17) is 20.9 Å². The normalized spacial score (nSPS) is 19.6. The highest BCUT2D eigenvalue weighted by molar-refractivity contribution is 7.23. The van der Waals surface area contributed by atoms with Crippen molar-refractivity contribution in [1.29, 1.82) is 5.26 Å². The number of aromatic nitrogens is 3. The van der Waals surface area contributed by atoms with Gasteiger partial charge in [-0.3, -0.25) is 0 Å². The Morgan fingerprint density at radius 2 is 1.71 bits per heavy atom. The molecule has 0 bridgehead atoms. The number of nitrogens with two attached hydrogens (primary N) is 2. The number of halogens is 10. The molecule has 3 fully saturated rings. The van der Waals surface area contributed by atoms with Crippen LogP contribution in [0.25, 0.3) is 32.1 Å². The number of nitriles is 1. The number of hydrogen-bond acceptors (Lipinski definition) is 11. The van der Waals surface area contributed by atoms with Crippen molar-refractivity contribution in [3.63, 3.8) is 0 Å². The number of piperidine rings is 1. The molecule has 2 aliphatic heterocycles. The van der Waals surface area contributed by atoms with Crippen LogP contribution in [0.3, 0.4) is 0 Å². The number of ether oxygens (including phenoxy) is 2. The van der Waals surface area contributed by atoms with Crippen molar-refractivity contribution in [3.8, 4) is 29.0 Å². The quantitative estimate of drug-likeness (QED) is 0.130. The zero-order valence-electron chi connectivity index (χ0n) is 32.5. The Morgan fingerprint density at radius 3 is 2.34 bits per heavy atom. The summed E-state index contributed by atoms with van der Waals surface area (Å²) in [6, 6.07) is 4.46. The largest absolute Gasteiger partial charge is 0.490 e. The molecule has 21 heteroatoms. The Hall–Kier alpha value is -5.36. The van der Waals surface area contributed by atoms with Gasteiger partial charge in [-0.2, -0.15) is 41.6 Å². The fourth-order valence-electron chi connectivity index (χ4n) is 9.14. The lowest BCUT2D eigenvalue weighted by atomic mass is 9.91. The number of anilines is 3. The van der Waals surface area contributed by atoms with Gasteiger partial charge in [0.15, 0.2) is 5.82 Å². The second-order valence-corrected chi connectivity index (χ2v) is 17.7. The van der Waals surface area contributed by atoms with Crippen LogP contribution in [0.15, 0.2) is 30.5 Å².